The van der Waals surface area contributed by atoms with E-state index in [-0.39, 0.29) is 29.4 Å². The molecule has 3 N–H and O–H groups in total. The lowest BCUT2D eigenvalue weighted by atomic mass is 9.48. The van der Waals surface area contributed by atoms with Crippen molar-refractivity contribution in [2.75, 3.05) is 39.3 Å². The summed E-state index contributed by atoms with van der Waals surface area (Å²) in [6, 6.07) is 8.21. The number of Topliss-reactive ketones (excluding diaryl/α,β-unsaturated/α-hetero) is 2. The van der Waals surface area contributed by atoms with Gasteiger partial charge in [-0.2, -0.15) is 0 Å². The number of phenols is 1. The number of benzene rings is 2. The van der Waals surface area contributed by atoms with Gasteiger partial charge in [0.25, 0.3) is 0 Å². The number of likely N-dealkylation sites (tertiary alicyclic amines) is 2. The maximum atomic E-state index is 13.0. The molecule has 8 fully saturated rings. The summed E-state index contributed by atoms with van der Waals surface area (Å²) in [5.41, 5.74) is 1.47. The lowest BCUT2D eigenvalue weighted by molar-refractivity contribution is -0.969. The number of ether oxygens (including phenoxy) is 3. The highest BCUT2D eigenvalue weighted by Crippen LogP contribution is 2.68. The Balaban J connectivity index is 0.000000121. The van der Waals surface area contributed by atoms with Gasteiger partial charge in [0.1, 0.15) is 11.6 Å². The summed E-state index contributed by atoms with van der Waals surface area (Å²) in [5, 5.41) is 35.2. The molecule has 58 heavy (non-hydrogen) atoms. The molecular weight excluding hydrogens is 733 g/mol. The van der Waals surface area contributed by atoms with Crippen LogP contribution in [0.1, 0.15) is 112 Å². The van der Waals surface area contributed by atoms with Gasteiger partial charge in [0.15, 0.2) is 46.8 Å². The number of carbonyl (C=O) groups is 2. The second-order valence-corrected chi connectivity index (χ2v) is 21.4. The maximum absolute atomic E-state index is 13.0. The number of piperidine rings is 2. The number of rotatable bonds is 9. The SMILES string of the molecule is O=C1CCC2(O)C3Cc4ccc(O)c5c4[C@]2(CC[N+]3(CC2CC2)CC2CC2)[C@@H]1O5.O=C1CCC2(O)C3Cc4ccc(OCC5CC5)c5c4[C@]2(CCN3CC2CC2)[C@@H]1O5. The Morgan fingerprint density at radius 3 is 2.00 bits per heavy atom. The molecule has 8 atom stereocenters. The van der Waals surface area contributed by atoms with E-state index in [9.17, 15) is 24.9 Å². The van der Waals surface area contributed by atoms with Crippen LogP contribution in [0.15, 0.2) is 24.3 Å². The molecule has 6 saturated carbocycles. The van der Waals surface area contributed by atoms with Crippen molar-refractivity contribution in [3.05, 3.63) is 46.5 Å². The Hall–Kier alpha value is -3.18. The molecule has 10 heteroatoms. The van der Waals surface area contributed by atoms with E-state index in [1.807, 2.05) is 12.1 Å². The third-order valence-electron chi connectivity index (χ3n) is 18.1. The van der Waals surface area contributed by atoms with Crippen molar-refractivity contribution in [1.29, 1.82) is 0 Å². The van der Waals surface area contributed by atoms with Crippen LogP contribution in [-0.4, -0.2) is 111 Å². The van der Waals surface area contributed by atoms with Crippen molar-refractivity contribution < 1.29 is 43.6 Å². The lowest BCUT2D eigenvalue weighted by Gasteiger charge is -2.65. The Bertz CT molecular complexity index is 2130. The van der Waals surface area contributed by atoms with Crippen LogP contribution < -0.4 is 14.2 Å². The summed E-state index contributed by atoms with van der Waals surface area (Å²) in [5.74, 6) is 5.45. The number of quaternary nitrogens is 1. The fraction of sp³-hybridized carbons (Fsp3) is 0.708. The Kier molecular flexibility index (Phi) is 7.23. The monoisotopic (exact) mass is 791 g/mol. The van der Waals surface area contributed by atoms with Crippen LogP contribution in [0, 0.1) is 23.7 Å². The molecule has 0 radical (unpaired) electrons. The highest BCUT2D eigenvalue weighted by Gasteiger charge is 2.78. The zero-order valence-corrected chi connectivity index (χ0v) is 33.8. The maximum Gasteiger partial charge on any atom is 0.174 e. The van der Waals surface area contributed by atoms with E-state index in [0.29, 0.717) is 37.4 Å². The van der Waals surface area contributed by atoms with E-state index in [1.54, 1.807) is 6.07 Å². The topological polar surface area (TPSA) is 126 Å². The minimum Gasteiger partial charge on any atom is -0.504 e. The van der Waals surface area contributed by atoms with E-state index in [2.05, 4.69) is 11.0 Å². The van der Waals surface area contributed by atoms with Gasteiger partial charge in [-0.05, 0) is 119 Å². The number of carbonyl (C=O) groups excluding carboxylic acids is 2. The molecule has 4 bridgehead atoms. The van der Waals surface area contributed by atoms with E-state index in [0.717, 1.165) is 96.8 Å². The molecular formula is C48H59N2O8+. The van der Waals surface area contributed by atoms with Crippen LogP contribution >= 0.6 is 0 Å². The largest absolute Gasteiger partial charge is 0.504 e. The van der Waals surface area contributed by atoms with Crippen molar-refractivity contribution in [3.8, 4) is 23.0 Å². The molecule has 14 rings (SSSR count). The molecule has 308 valence electrons. The predicted molar refractivity (Wildman–Crippen MR) is 212 cm³/mol. The third-order valence-corrected chi connectivity index (χ3v) is 18.1. The van der Waals surface area contributed by atoms with E-state index in [1.165, 1.54) is 75.6 Å². The zero-order valence-electron chi connectivity index (χ0n) is 33.8. The van der Waals surface area contributed by atoms with Crippen LogP contribution in [0.4, 0.5) is 0 Å². The highest BCUT2D eigenvalue weighted by atomic mass is 16.5. The first kappa shape index (κ1) is 35.6. The molecule has 2 aromatic carbocycles. The molecule has 4 unspecified atom stereocenters. The van der Waals surface area contributed by atoms with Crippen LogP contribution in [0.2, 0.25) is 0 Å². The Morgan fingerprint density at radius 1 is 0.707 bits per heavy atom. The molecule has 0 aromatic heterocycles. The summed E-state index contributed by atoms with van der Waals surface area (Å²) >= 11 is 0. The molecule has 4 heterocycles. The van der Waals surface area contributed by atoms with Gasteiger partial charge in [-0.15, -0.1) is 0 Å². The number of hydrogen-bond donors (Lipinski definition) is 3. The molecule has 2 aromatic rings. The normalized spacial score (nSPS) is 40.4. The van der Waals surface area contributed by atoms with E-state index in [4.69, 9.17) is 14.2 Å². The van der Waals surface area contributed by atoms with Crippen molar-refractivity contribution in [2.45, 2.75) is 149 Å². The second-order valence-electron chi connectivity index (χ2n) is 21.4. The minimum absolute atomic E-state index is 0.0905. The fourth-order valence-electron chi connectivity index (χ4n) is 14.7. The molecule has 8 aliphatic carbocycles. The quantitative estimate of drug-likeness (QED) is 0.299. The third kappa shape index (κ3) is 4.64. The Morgan fingerprint density at radius 2 is 1.31 bits per heavy atom. The van der Waals surface area contributed by atoms with Gasteiger partial charge in [0.2, 0.25) is 0 Å². The van der Waals surface area contributed by atoms with Gasteiger partial charge in [-0.3, -0.25) is 14.5 Å². The number of aliphatic hydroxyl groups is 2. The first-order chi connectivity index (χ1) is 28.1. The van der Waals surface area contributed by atoms with Crippen LogP contribution in [0.25, 0.3) is 0 Å². The molecule has 0 amide bonds. The van der Waals surface area contributed by atoms with Crippen molar-refractivity contribution in [1.82, 2.24) is 4.90 Å². The minimum atomic E-state index is -0.917. The molecule has 4 aliphatic heterocycles. The summed E-state index contributed by atoms with van der Waals surface area (Å²) < 4.78 is 19.8. The highest BCUT2D eigenvalue weighted by molar-refractivity contribution is 5.91. The van der Waals surface area contributed by atoms with Gasteiger partial charge >= 0.3 is 0 Å². The number of aromatic hydroxyl groups is 1. The number of ketones is 2. The summed E-state index contributed by atoms with van der Waals surface area (Å²) in [6.07, 6.45) is 14.5. The van der Waals surface area contributed by atoms with Gasteiger partial charge in [0.05, 0.1) is 42.7 Å². The molecule has 2 saturated heterocycles. The van der Waals surface area contributed by atoms with Gasteiger partial charge in [-0.1, -0.05) is 12.1 Å². The summed E-state index contributed by atoms with van der Waals surface area (Å²) in [7, 11) is 0. The van der Waals surface area contributed by atoms with Crippen molar-refractivity contribution in [2.24, 2.45) is 23.7 Å². The summed E-state index contributed by atoms with van der Waals surface area (Å²) in [4.78, 5) is 28.6. The average molecular weight is 792 g/mol. The molecule has 10 nitrogen and oxygen atoms in total. The Labute approximate surface area is 340 Å². The predicted octanol–water partition coefficient (Wildman–Crippen LogP) is 5.06. The van der Waals surface area contributed by atoms with E-state index >= 15 is 0 Å². The number of phenolic OH excluding ortho intramolecular Hbond substituents is 1. The van der Waals surface area contributed by atoms with Crippen LogP contribution in [0.5, 0.6) is 23.0 Å². The second kappa shape index (κ2) is 11.8. The van der Waals surface area contributed by atoms with Crippen LogP contribution in [0.3, 0.4) is 0 Å². The van der Waals surface area contributed by atoms with Gasteiger partial charge < -0.3 is 34.0 Å². The molecule has 2 spiro atoms. The first-order valence-corrected chi connectivity index (χ1v) is 23.1. The smallest absolute Gasteiger partial charge is 0.174 e. The summed E-state index contributed by atoms with van der Waals surface area (Å²) in [6.45, 7) is 6.18. The number of hydrogen-bond acceptors (Lipinski definition) is 9. The average Bonchev–Trinajstić information content (AvgIpc) is 3.97. The zero-order chi connectivity index (χ0) is 39.0. The molecule has 12 aliphatic rings. The van der Waals surface area contributed by atoms with E-state index < -0.39 is 34.2 Å². The van der Waals surface area contributed by atoms with Crippen molar-refractivity contribution in [3.63, 3.8) is 0 Å². The number of nitrogens with zero attached hydrogens (tertiary/aromatic N) is 2. The standard InChI is InChI=1S/2C24H29NO4/c26-17-7-8-24(27)19-11-16-5-6-18(28-13-15-3-4-15)21-20(16)23(24,22(17)29-21)9-10-25(19)12-14-1-2-14;26-17-6-5-16-11-19-24(28)8-7-18(27)22-23(24,20(16)21(17)29-22)9-10-25(19,12-14-1-2-14)13-15-3-4-15/h5-6,14-15,19,22,27H,1-4,7-13H2;5-6,14-15,19,22,28H,1-4,7-13H2/p+1/t2*19?,22-,23-,24?/m11/s1. The lowest BCUT2D eigenvalue weighted by Crippen LogP contribution is -2.82. The van der Waals surface area contributed by atoms with Gasteiger partial charge in [0, 0.05) is 61.2 Å². The van der Waals surface area contributed by atoms with Crippen LogP contribution in [-0.2, 0) is 33.3 Å². The fourth-order valence-corrected chi connectivity index (χ4v) is 14.7. The van der Waals surface area contributed by atoms with Crippen molar-refractivity contribution >= 4 is 11.6 Å². The van der Waals surface area contributed by atoms with Gasteiger partial charge in [-0.25, -0.2) is 0 Å². The first-order valence-electron chi connectivity index (χ1n) is 23.1.